The molecular formula is C18H33N3O6. The lowest BCUT2D eigenvalue weighted by molar-refractivity contribution is -0.139. The van der Waals surface area contributed by atoms with Gasteiger partial charge >= 0.3 is 18.0 Å². The van der Waals surface area contributed by atoms with Crippen molar-refractivity contribution in [3.05, 3.63) is 0 Å². The topological polar surface area (TPSA) is 145 Å². The molecule has 9 nitrogen and oxygen atoms in total. The second-order valence-corrected chi connectivity index (χ2v) is 6.48. The number of unbranched alkanes of at least 4 members (excludes halogenated alkanes) is 6. The second kappa shape index (κ2) is 15.9. The van der Waals surface area contributed by atoms with Gasteiger partial charge in [0, 0.05) is 13.0 Å². The molecule has 1 atom stereocenters. The van der Waals surface area contributed by atoms with E-state index in [1.165, 1.54) is 19.3 Å². The van der Waals surface area contributed by atoms with Gasteiger partial charge in [0.25, 0.3) is 0 Å². The minimum absolute atomic E-state index is 0.00597. The van der Waals surface area contributed by atoms with Crippen molar-refractivity contribution >= 4 is 23.9 Å². The Labute approximate surface area is 160 Å². The van der Waals surface area contributed by atoms with Crippen LogP contribution in [0.15, 0.2) is 0 Å². The van der Waals surface area contributed by atoms with E-state index in [9.17, 15) is 19.2 Å². The number of urea groups is 1. The molecule has 0 saturated heterocycles. The maximum atomic E-state index is 11.7. The molecule has 0 saturated carbocycles. The Morgan fingerprint density at radius 1 is 0.852 bits per heavy atom. The molecule has 3 amide bonds. The van der Waals surface area contributed by atoms with Gasteiger partial charge in [-0.15, -0.1) is 0 Å². The zero-order valence-electron chi connectivity index (χ0n) is 16.1. The van der Waals surface area contributed by atoms with Crippen LogP contribution in [0.2, 0.25) is 0 Å². The lowest BCUT2D eigenvalue weighted by atomic mass is 10.1. The summed E-state index contributed by atoms with van der Waals surface area (Å²) in [5, 5.41) is 24.6. The van der Waals surface area contributed by atoms with Gasteiger partial charge in [0.05, 0.1) is 0 Å². The molecule has 0 rings (SSSR count). The number of amides is 3. The van der Waals surface area contributed by atoms with Crippen LogP contribution in [-0.4, -0.2) is 53.2 Å². The first-order valence-corrected chi connectivity index (χ1v) is 9.62. The van der Waals surface area contributed by atoms with E-state index < -0.39 is 30.6 Å². The van der Waals surface area contributed by atoms with Crippen LogP contribution in [0.5, 0.6) is 0 Å². The van der Waals surface area contributed by atoms with E-state index in [2.05, 4.69) is 17.6 Å². The summed E-state index contributed by atoms with van der Waals surface area (Å²) in [5.41, 5.74) is 0. The number of carbonyl (C=O) groups excluding carboxylic acids is 2. The predicted molar refractivity (Wildman–Crippen MR) is 100 cm³/mol. The van der Waals surface area contributed by atoms with Crippen molar-refractivity contribution in [1.82, 2.24) is 16.0 Å². The maximum absolute atomic E-state index is 11.7. The van der Waals surface area contributed by atoms with Gasteiger partial charge in [-0.3, -0.25) is 9.59 Å². The van der Waals surface area contributed by atoms with Crippen molar-refractivity contribution in [2.75, 3.05) is 13.1 Å². The fourth-order valence-corrected chi connectivity index (χ4v) is 2.48. The van der Waals surface area contributed by atoms with Crippen molar-refractivity contribution in [3.63, 3.8) is 0 Å². The average Bonchev–Trinajstić information content (AvgIpc) is 2.61. The molecule has 1 unspecified atom stereocenters. The van der Waals surface area contributed by atoms with Crippen LogP contribution in [0.3, 0.4) is 0 Å². The molecule has 0 aromatic carbocycles. The Kier molecular flexibility index (Phi) is 14.5. The smallest absolute Gasteiger partial charge is 0.326 e. The van der Waals surface area contributed by atoms with Gasteiger partial charge < -0.3 is 26.2 Å². The van der Waals surface area contributed by atoms with Gasteiger partial charge in [0.1, 0.15) is 12.6 Å². The third kappa shape index (κ3) is 15.6. The normalized spacial score (nSPS) is 11.4. The molecule has 0 aliphatic heterocycles. The van der Waals surface area contributed by atoms with Gasteiger partial charge in [-0.25, -0.2) is 9.59 Å². The SMILES string of the molecule is CCCCCCCCC(=O)NCCCCC(NC(=O)NCC(=O)O)C(=O)O. The van der Waals surface area contributed by atoms with E-state index in [0.29, 0.717) is 25.8 Å². The largest absolute Gasteiger partial charge is 0.480 e. The van der Waals surface area contributed by atoms with Gasteiger partial charge in [0.2, 0.25) is 5.91 Å². The van der Waals surface area contributed by atoms with E-state index in [-0.39, 0.29) is 12.3 Å². The lowest BCUT2D eigenvalue weighted by Gasteiger charge is -2.14. The average molecular weight is 387 g/mol. The monoisotopic (exact) mass is 387 g/mol. The number of carboxylic acid groups (broad SMARTS) is 2. The number of carboxylic acids is 2. The first-order valence-electron chi connectivity index (χ1n) is 9.62. The summed E-state index contributed by atoms with van der Waals surface area (Å²) in [6, 6.07) is -1.94. The molecule has 0 spiro atoms. The van der Waals surface area contributed by atoms with E-state index in [1.54, 1.807) is 0 Å². The molecule has 9 heteroatoms. The van der Waals surface area contributed by atoms with E-state index in [1.807, 2.05) is 5.32 Å². The Balaban J connectivity index is 3.79. The van der Waals surface area contributed by atoms with E-state index in [4.69, 9.17) is 10.2 Å². The zero-order chi connectivity index (χ0) is 20.5. The Bertz CT molecular complexity index is 470. The number of carbonyl (C=O) groups is 4. The number of hydrogen-bond donors (Lipinski definition) is 5. The summed E-state index contributed by atoms with van der Waals surface area (Å²) in [5.74, 6) is -2.40. The summed E-state index contributed by atoms with van der Waals surface area (Å²) in [6.07, 6.45) is 8.56. The minimum atomic E-state index is -1.21. The standard InChI is InChI=1S/C18H33N3O6/c1-2-3-4-5-6-7-11-15(22)19-12-9-8-10-14(17(25)26)21-18(27)20-13-16(23)24/h14H,2-13H2,1H3,(H,19,22)(H,23,24)(H,25,26)(H2,20,21,27). The Hall–Kier alpha value is -2.32. The fraction of sp³-hybridized carbons (Fsp3) is 0.778. The van der Waals surface area contributed by atoms with E-state index in [0.717, 1.165) is 19.3 Å². The lowest BCUT2D eigenvalue weighted by Crippen LogP contribution is -2.47. The molecule has 156 valence electrons. The fourth-order valence-electron chi connectivity index (χ4n) is 2.48. The minimum Gasteiger partial charge on any atom is -0.480 e. The van der Waals surface area contributed by atoms with Crippen LogP contribution in [0.4, 0.5) is 4.79 Å². The number of hydrogen-bond acceptors (Lipinski definition) is 4. The maximum Gasteiger partial charge on any atom is 0.326 e. The van der Waals surface area contributed by atoms with Gasteiger partial charge in [-0.1, -0.05) is 39.0 Å². The highest BCUT2D eigenvalue weighted by atomic mass is 16.4. The summed E-state index contributed by atoms with van der Waals surface area (Å²) in [7, 11) is 0. The Morgan fingerprint density at radius 2 is 1.52 bits per heavy atom. The number of rotatable bonds is 16. The molecule has 0 bridgehead atoms. The molecule has 0 aromatic rings. The molecule has 5 N–H and O–H groups in total. The molecule has 0 heterocycles. The highest BCUT2D eigenvalue weighted by Gasteiger charge is 2.19. The highest BCUT2D eigenvalue weighted by molar-refractivity contribution is 5.84. The van der Waals surface area contributed by atoms with Crippen molar-refractivity contribution < 1.29 is 29.4 Å². The van der Waals surface area contributed by atoms with Crippen LogP contribution < -0.4 is 16.0 Å². The van der Waals surface area contributed by atoms with Crippen LogP contribution >= 0.6 is 0 Å². The molecule has 27 heavy (non-hydrogen) atoms. The van der Waals surface area contributed by atoms with Crippen molar-refractivity contribution in [2.45, 2.75) is 77.2 Å². The summed E-state index contributed by atoms with van der Waals surface area (Å²) < 4.78 is 0. The zero-order valence-corrected chi connectivity index (χ0v) is 16.1. The number of nitrogens with one attached hydrogen (secondary N) is 3. The first kappa shape index (κ1) is 24.7. The van der Waals surface area contributed by atoms with Crippen molar-refractivity contribution in [1.29, 1.82) is 0 Å². The molecule has 0 aromatic heterocycles. The number of aliphatic carboxylic acids is 2. The molecular weight excluding hydrogens is 354 g/mol. The van der Waals surface area contributed by atoms with Gasteiger partial charge in [0.15, 0.2) is 0 Å². The third-order valence-electron chi connectivity index (χ3n) is 4.00. The van der Waals surface area contributed by atoms with E-state index >= 15 is 0 Å². The molecule has 0 aliphatic rings. The van der Waals surface area contributed by atoms with Gasteiger partial charge in [-0.05, 0) is 25.7 Å². The highest BCUT2D eigenvalue weighted by Crippen LogP contribution is 2.07. The Morgan fingerprint density at radius 3 is 2.15 bits per heavy atom. The van der Waals surface area contributed by atoms with Crippen LogP contribution in [0, 0.1) is 0 Å². The second-order valence-electron chi connectivity index (χ2n) is 6.48. The summed E-state index contributed by atoms with van der Waals surface area (Å²) in [4.78, 5) is 44.6. The molecule has 0 fully saturated rings. The van der Waals surface area contributed by atoms with Crippen molar-refractivity contribution in [3.8, 4) is 0 Å². The third-order valence-corrected chi connectivity index (χ3v) is 4.00. The first-order chi connectivity index (χ1) is 12.9. The summed E-state index contributed by atoms with van der Waals surface area (Å²) in [6.45, 7) is 2.05. The van der Waals surface area contributed by atoms with Crippen molar-refractivity contribution in [2.24, 2.45) is 0 Å². The predicted octanol–water partition coefficient (Wildman–Crippen LogP) is 1.86. The van der Waals surface area contributed by atoms with Crippen LogP contribution in [-0.2, 0) is 14.4 Å². The quantitative estimate of drug-likeness (QED) is 0.256. The van der Waals surface area contributed by atoms with Crippen LogP contribution in [0.25, 0.3) is 0 Å². The summed E-state index contributed by atoms with van der Waals surface area (Å²) >= 11 is 0. The van der Waals surface area contributed by atoms with Gasteiger partial charge in [-0.2, -0.15) is 0 Å². The van der Waals surface area contributed by atoms with Crippen LogP contribution in [0.1, 0.15) is 71.1 Å². The molecule has 0 aliphatic carbocycles. The molecule has 0 radical (unpaired) electrons.